The van der Waals surface area contributed by atoms with E-state index in [4.69, 9.17) is 0 Å². The van der Waals surface area contributed by atoms with Crippen molar-refractivity contribution < 1.29 is 0 Å². The second kappa shape index (κ2) is 4.94. The van der Waals surface area contributed by atoms with Gasteiger partial charge in [0.05, 0.1) is 10.7 Å². The smallest absolute Gasteiger partial charge is 0.0897 e. The highest BCUT2D eigenvalue weighted by molar-refractivity contribution is 9.09. The molecule has 1 heterocycles. The molecule has 0 radical (unpaired) electrons. The summed E-state index contributed by atoms with van der Waals surface area (Å²) in [6.45, 7) is 5.05. The summed E-state index contributed by atoms with van der Waals surface area (Å²) in [4.78, 5) is 4.36. The molecule has 12 heavy (non-hydrogen) atoms. The number of nitrogens with one attached hydrogen (secondary N) is 1. The van der Waals surface area contributed by atoms with Gasteiger partial charge in [-0.1, -0.05) is 15.9 Å². The number of thiazole rings is 1. The predicted molar refractivity (Wildman–Crippen MR) is 56.9 cm³/mol. The molecule has 1 aromatic rings. The minimum absolute atomic E-state index is 0.506. The minimum Gasteiger partial charge on any atom is -0.308 e. The van der Waals surface area contributed by atoms with E-state index in [0.29, 0.717) is 6.04 Å². The third kappa shape index (κ3) is 3.21. The maximum atomic E-state index is 4.36. The first kappa shape index (κ1) is 10.2. The number of aromatic nitrogens is 1. The third-order valence-corrected chi connectivity index (χ3v) is 3.32. The normalized spacial score (nSPS) is 13.2. The number of hydrogen-bond donors (Lipinski definition) is 1. The highest BCUT2D eigenvalue weighted by Gasteiger charge is 2.00. The van der Waals surface area contributed by atoms with Crippen LogP contribution in [0.3, 0.4) is 0 Å². The van der Waals surface area contributed by atoms with Crippen LogP contribution in [-0.2, 0) is 6.54 Å². The van der Waals surface area contributed by atoms with Crippen molar-refractivity contribution in [3.63, 3.8) is 0 Å². The molecule has 1 N–H and O–H groups in total. The van der Waals surface area contributed by atoms with Gasteiger partial charge < -0.3 is 5.32 Å². The molecule has 1 rings (SSSR count). The first-order valence-corrected chi connectivity index (χ1v) is 5.93. The zero-order chi connectivity index (χ0) is 8.97. The van der Waals surface area contributed by atoms with Crippen LogP contribution in [0.1, 0.15) is 17.6 Å². The Balaban J connectivity index is 2.33. The Morgan fingerprint density at radius 3 is 3.00 bits per heavy atom. The maximum Gasteiger partial charge on any atom is 0.0897 e. The quantitative estimate of drug-likeness (QED) is 0.828. The van der Waals surface area contributed by atoms with Gasteiger partial charge in [-0.15, -0.1) is 11.3 Å². The van der Waals surface area contributed by atoms with Crippen LogP contribution in [-0.4, -0.2) is 16.4 Å². The van der Waals surface area contributed by atoms with Gasteiger partial charge in [0.2, 0.25) is 0 Å². The van der Waals surface area contributed by atoms with Crippen LogP contribution in [0, 0.1) is 6.92 Å². The lowest BCUT2D eigenvalue weighted by molar-refractivity contribution is 0.592. The van der Waals surface area contributed by atoms with Crippen molar-refractivity contribution in [2.75, 3.05) is 5.33 Å². The zero-order valence-electron chi connectivity index (χ0n) is 7.30. The molecule has 0 aliphatic carbocycles. The van der Waals surface area contributed by atoms with Crippen LogP contribution >= 0.6 is 27.3 Å². The largest absolute Gasteiger partial charge is 0.308 e. The second-order valence-corrected chi connectivity index (χ2v) is 4.50. The second-order valence-electron chi connectivity index (χ2n) is 2.79. The van der Waals surface area contributed by atoms with Gasteiger partial charge in [-0.3, -0.25) is 0 Å². The molecule has 0 fully saturated rings. The van der Waals surface area contributed by atoms with Crippen molar-refractivity contribution >= 4 is 27.3 Å². The van der Waals surface area contributed by atoms with Crippen molar-refractivity contribution in [2.45, 2.75) is 26.4 Å². The first-order chi connectivity index (χ1) is 5.72. The number of nitrogens with zero attached hydrogens (tertiary/aromatic N) is 1. The molecule has 0 amide bonds. The summed E-state index contributed by atoms with van der Waals surface area (Å²) in [5.74, 6) is 0. The van der Waals surface area contributed by atoms with Gasteiger partial charge in [0.15, 0.2) is 0 Å². The van der Waals surface area contributed by atoms with Crippen LogP contribution in [0.5, 0.6) is 0 Å². The molecule has 1 atom stereocenters. The fourth-order valence-corrected chi connectivity index (χ4v) is 1.66. The summed E-state index contributed by atoms with van der Waals surface area (Å²) in [6.07, 6.45) is 0. The van der Waals surface area contributed by atoms with Crippen LogP contribution in [0.15, 0.2) is 5.38 Å². The fraction of sp³-hybridized carbons (Fsp3) is 0.625. The first-order valence-electron chi connectivity index (χ1n) is 3.92. The van der Waals surface area contributed by atoms with E-state index in [0.717, 1.165) is 22.6 Å². The lowest BCUT2D eigenvalue weighted by Gasteiger charge is -2.07. The van der Waals surface area contributed by atoms with E-state index in [-0.39, 0.29) is 0 Å². The van der Waals surface area contributed by atoms with E-state index in [1.165, 1.54) is 0 Å². The van der Waals surface area contributed by atoms with Crippen molar-refractivity contribution in [1.29, 1.82) is 0 Å². The molecular formula is C8H13BrN2S. The Labute approximate surface area is 85.5 Å². The molecule has 0 spiro atoms. The standard InChI is InChI=1S/C8H13BrN2S/c1-6(3-9)10-4-8-5-12-7(2)11-8/h5-6,10H,3-4H2,1-2H3. The van der Waals surface area contributed by atoms with Gasteiger partial charge in [0.1, 0.15) is 0 Å². The molecule has 4 heteroatoms. The highest BCUT2D eigenvalue weighted by Crippen LogP contribution is 2.07. The van der Waals surface area contributed by atoms with Crippen LogP contribution in [0.4, 0.5) is 0 Å². The van der Waals surface area contributed by atoms with Crippen LogP contribution < -0.4 is 5.32 Å². The van der Waals surface area contributed by atoms with Crippen molar-refractivity contribution in [2.24, 2.45) is 0 Å². The lowest BCUT2D eigenvalue weighted by Crippen LogP contribution is -2.26. The number of rotatable bonds is 4. The van der Waals surface area contributed by atoms with E-state index in [1.54, 1.807) is 11.3 Å². The Morgan fingerprint density at radius 1 is 1.75 bits per heavy atom. The molecule has 0 aromatic carbocycles. The van der Waals surface area contributed by atoms with Crippen LogP contribution in [0.2, 0.25) is 0 Å². The van der Waals surface area contributed by atoms with Gasteiger partial charge >= 0.3 is 0 Å². The van der Waals surface area contributed by atoms with Crippen molar-refractivity contribution in [3.05, 3.63) is 16.1 Å². The Morgan fingerprint density at radius 2 is 2.50 bits per heavy atom. The SMILES string of the molecule is Cc1nc(CNC(C)CBr)cs1. The van der Waals surface area contributed by atoms with Gasteiger partial charge in [-0.25, -0.2) is 4.98 Å². The van der Waals surface area contributed by atoms with Crippen LogP contribution in [0.25, 0.3) is 0 Å². The monoisotopic (exact) mass is 248 g/mol. The minimum atomic E-state index is 0.506. The number of halogens is 1. The summed E-state index contributed by atoms with van der Waals surface area (Å²) in [7, 11) is 0. The van der Waals surface area contributed by atoms with E-state index >= 15 is 0 Å². The van der Waals surface area contributed by atoms with Gasteiger partial charge in [-0.2, -0.15) is 0 Å². The van der Waals surface area contributed by atoms with E-state index in [1.807, 2.05) is 6.92 Å². The summed E-state index contributed by atoms with van der Waals surface area (Å²) in [5.41, 5.74) is 1.14. The van der Waals surface area contributed by atoms with Crippen molar-refractivity contribution in [1.82, 2.24) is 10.3 Å². The van der Waals surface area contributed by atoms with Crippen molar-refractivity contribution in [3.8, 4) is 0 Å². The number of hydrogen-bond acceptors (Lipinski definition) is 3. The highest BCUT2D eigenvalue weighted by atomic mass is 79.9. The molecule has 0 saturated heterocycles. The zero-order valence-corrected chi connectivity index (χ0v) is 9.70. The molecule has 2 nitrogen and oxygen atoms in total. The predicted octanol–water partition coefficient (Wildman–Crippen LogP) is 2.32. The molecule has 1 unspecified atom stereocenters. The molecular weight excluding hydrogens is 236 g/mol. The van der Waals surface area contributed by atoms with Gasteiger partial charge in [0, 0.05) is 23.3 Å². The lowest BCUT2D eigenvalue weighted by atomic mass is 10.4. The van der Waals surface area contributed by atoms with Gasteiger partial charge in [0.25, 0.3) is 0 Å². The van der Waals surface area contributed by atoms with E-state index in [2.05, 4.69) is 38.5 Å². The fourth-order valence-electron chi connectivity index (χ4n) is 0.823. The maximum absolute atomic E-state index is 4.36. The molecule has 0 aliphatic rings. The Kier molecular flexibility index (Phi) is 4.18. The molecule has 0 saturated carbocycles. The van der Waals surface area contributed by atoms with E-state index < -0.39 is 0 Å². The summed E-state index contributed by atoms with van der Waals surface area (Å²) >= 11 is 5.11. The number of alkyl halides is 1. The summed E-state index contributed by atoms with van der Waals surface area (Å²) < 4.78 is 0. The summed E-state index contributed by atoms with van der Waals surface area (Å²) in [6, 6.07) is 0.506. The number of aryl methyl sites for hydroxylation is 1. The molecule has 0 aliphatic heterocycles. The van der Waals surface area contributed by atoms with E-state index in [9.17, 15) is 0 Å². The molecule has 0 bridgehead atoms. The summed E-state index contributed by atoms with van der Waals surface area (Å²) in [5, 5.41) is 7.58. The topological polar surface area (TPSA) is 24.9 Å². The Hall–Kier alpha value is 0.0700. The molecule has 1 aromatic heterocycles. The van der Waals surface area contributed by atoms with Gasteiger partial charge in [-0.05, 0) is 13.8 Å². The Bertz CT molecular complexity index is 237. The average molecular weight is 249 g/mol. The average Bonchev–Trinajstić information content (AvgIpc) is 2.47. The third-order valence-electron chi connectivity index (χ3n) is 1.53. The molecule has 68 valence electrons.